The molecule has 0 bridgehead atoms. The molecule has 0 aliphatic rings. The Hall–Kier alpha value is 0.190. The van der Waals surface area contributed by atoms with E-state index in [-0.39, 0.29) is 50.1 Å². The number of aryl methyl sites for hydroxylation is 2. The number of pyridine rings is 1. The number of nitrogens with two attached hydrogens (primary N) is 1. The molecule has 10 heteroatoms. The minimum absolute atomic E-state index is 0. The van der Waals surface area contributed by atoms with Gasteiger partial charge in [0.2, 0.25) is 0 Å². The van der Waals surface area contributed by atoms with Gasteiger partial charge in [-0.05, 0) is 9.86 Å². The molecule has 2 aromatic heterocycles. The number of hydrogen-bond acceptors (Lipinski definition) is 6. The summed E-state index contributed by atoms with van der Waals surface area (Å²) in [5.74, 6) is 1.41. The average molecular weight is 496 g/mol. The second-order valence-corrected chi connectivity index (χ2v) is 5.77. The van der Waals surface area contributed by atoms with Crippen LogP contribution in [-0.2, 0) is 13.0 Å². The smallest absolute Gasteiger partial charge is 0.396 e. The Labute approximate surface area is 186 Å². The van der Waals surface area contributed by atoms with Crippen LogP contribution in [0.5, 0.6) is 0 Å². The SMILES string of the molecule is CCCc1ncc(C[n+]2ccccc2C)c(N)n1.Cl.[Ca+2].[O-][I+2]([O-])O. The third-order valence-corrected chi connectivity index (χ3v) is 2.93. The van der Waals surface area contributed by atoms with Crippen molar-refractivity contribution in [2.75, 3.05) is 5.73 Å². The predicted molar refractivity (Wildman–Crippen MR) is 86.1 cm³/mol. The van der Waals surface area contributed by atoms with E-state index in [4.69, 9.17) is 16.0 Å². The summed E-state index contributed by atoms with van der Waals surface area (Å²) in [6.45, 7) is 4.89. The molecule has 2 rings (SSSR count). The summed E-state index contributed by atoms with van der Waals surface area (Å²) < 4.78 is 26.6. The van der Waals surface area contributed by atoms with Crippen molar-refractivity contribution < 1.29 is 35.9 Å². The molecule has 2 heterocycles. The van der Waals surface area contributed by atoms with Gasteiger partial charge >= 0.3 is 58.8 Å². The Morgan fingerprint density at radius 3 is 2.46 bits per heavy atom. The van der Waals surface area contributed by atoms with Crippen molar-refractivity contribution in [1.29, 1.82) is 0 Å². The summed E-state index contributed by atoms with van der Waals surface area (Å²) >= 11 is -3.76. The number of nitrogens with zero attached hydrogens (tertiary/aromatic N) is 3. The molecule has 0 saturated carbocycles. The van der Waals surface area contributed by atoms with E-state index in [1.165, 1.54) is 5.69 Å². The van der Waals surface area contributed by atoms with Gasteiger partial charge in [0.15, 0.2) is 18.4 Å². The Bertz CT molecular complexity index is 605. The Morgan fingerprint density at radius 1 is 1.33 bits per heavy atom. The second-order valence-electron chi connectivity index (χ2n) is 4.62. The first kappa shape index (κ1) is 26.4. The Morgan fingerprint density at radius 2 is 1.96 bits per heavy atom. The fraction of sp³-hybridized carbons (Fsp3) is 0.357. The van der Waals surface area contributed by atoms with Gasteiger partial charge in [0.1, 0.15) is 11.6 Å². The molecular weight excluding hydrogens is 475 g/mol. The average Bonchev–Trinajstić information content (AvgIpc) is 2.44. The van der Waals surface area contributed by atoms with Gasteiger partial charge in [-0.25, -0.2) is 9.97 Å². The van der Waals surface area contributed by atoms with Crippen LogP contribution in [0.4, 0.5) is 5.82 Å². The molecule has 3 N–H and O–H groups in total. The number of rotatable bonds is 4. The number of halogens is 2. The number of anilines is 1. The standard InChI is InChI=1S/C14H19N4.Ca.ClH.HIO3/c1-3-6-13-16-9-12(14(15)17-13)10-18-8-5-4-7-11(18)2;;;2-1(3)4/h4-5,7-9H,3,6,10H2,1-2H3,(H2,15,16,17);;1H;2H/q+1;+2;;. The number of aromatic nitrogens is 3. The fourth-order valence-electron chi connectivity index (χ4n) is 1.85. The molecule has 0 aliphatic heterocycles. The first-order valence-corrected chi connectivity index (χ1v) is 9.46. The van der Waals surface area contributed by atoms with Crippen LogP contribution in [0.3, 0.4) is 0 Å². The molecule has 0 radical (unpaired) electrons. The van der Waals surface area contributed by atoms with Crippen LogP contribution in [0.2, 0.25) is 0 Å². The summed E-state index contributed by atoms with van der Waals surface area (Å²) in [5.41, 5.74) is 8.14. The molecule has 0 amide bonds. The van der Waals surface area contributed by atoms with E-state index in [0.29, 0.717) is 12.4 Å². The molecule has 0 fully saturated rings. The van der Waals surface area contributed by atoms with Crippen LogP contribution in [0, 0.1) is 6.92 Å². The van der Waals surface area contributed by atoms with Gasteiger partial charge in [0, 0.05) is 31.7 Å². The topological polar surface area (TPSA) is 122 Å². The zero-order valence-electron chi connectivity index (χ0n) is 13.7. The summed E-state index contributed by atoms with van der Waals surface area (Å²) in [6.07, 6.45) is 5.79. The fourth-order valence-corrected chi connectivity index (χ4v) is 1.85. The minimum atomic E-state index is -3.76. The van der Waals surface area contributed by atoms with Crippen LogP contribution in [0.1, 0.15) is 30.4 Å². The molecule has 0 saturated heterocycles. The minimum Gasteiger partial charge on any atom is -0.396 e. The largest absolute Gasteiger partial charge is 2.00 e. The molecular formula is C14H21CaClIN4O3+3. The van der Waals surface area contributed by atoms with Gasteiger partial charge in [-0.3, -0.25) is 0 Å². The van der Waals surface area contributed by atoms with Crippen LogP contribution in [0.15, 0.2) is 30.6 Å². The van der Waals surface area contributed by atoms with Crippen LogP contribution in [-0.4, -0.2) is 51.1 Å². The van der Waals surface area contributed by atoms with E-state index < -0.39 is 21.1 Å². The summed E-state index contributed by atoms with van der Waals surface area (Å²) in [5, 5.41) is 0. The van der Waals surface area contributed by atoms with E-state index >= 15 is 0 Å². The maximum absolute atomic E-state index is 8.68. The summed E-state index contributed by atoms with van der Waals surface area (Å²) in [4.78, 5) is 8.69. The molecule has 0 unspecified atom stereocenters. The molecule has 7 nitrogen and oxygen atoms in total. The van der Waals surface area contributed by atoms with Gasteiger partial charge in [-0.1, -0.05) is 13.0 Å². The zero-order chi connectivity index (χ0) is 16.5. The van der Waals surface area contributed by atoms with Gasteiger partial charge in [-0.15, -0.1) is 12.4 Å². The Kier molecular flexibility index (Phi) is 15.8. The molecule has 0 atom stereocenters. The quantitative estimate of drug-likeness (QED) is 0.252. The normalized spacial score (nSPS) is 9.42. The van der Waals surface area contributed by atoms with Gasteiger partial charge < -0.3 is 12.6 Å². The maximum Gasteiger partial charge on any atom is 2.00 e. The van der Waals surface area contributed by atoms with Crippen molar-refractivity contribution in [2.24, 2.45) is 0 Å². The third-order valence-electron chi connectivity index (χ3n) is 2.93. The maximum atomic E-state index is 8.68. The first-order chi connectivity index (χ1) is 10.4. The molecule has 2 aromatic rings. The monoisotopic (exact) mass is 495 g/mol. The van der Waals surface area contributed by atoms with Gasteiger partial charge in [-0.2, -0.15) is 4.57 Å². The van der Waals surface area contributed by atoms with Gasteiger partial charge in [0.05, 0.1) is 5.56 Å². The van der Waals surface area contributed by atoms with E-state index in [0.717, 1.165) is 24.2 Å². The van der Waals surface area contributed by atoms with Crippen LogP contribution >= 0.6 is 12.4 Å². The molecule has 24 heavy (non-hydrogen) atoms. The number of hydrogen-bond donors (Lipinski definition) is 2. The van der Waals surface area contributed by atoms with E-state index in [1.54, 1.807) is 0 Å². The molecule has 0 aliphatic carbocycles. The third kappa shape index (κ3) is 10.2. The molecule has 0 aromatic carbocycles. The second kappa shape index (κ2) is 14.4. The van der Waals surface area contributed by atoms with Crippen molar-refractivity contribution in [1.82, 2.24) is 9.97 Å². The van der Waals surface area contributed by atoms with E-state index in [2.05, 4.69) is 34.4 Å². The van der Waals surface area contributed by atoms with Crippen molar-refractivity contribution in [3.8, 4) is 0 Å². The van der Waals surface area contributed by atoms with Crippen LogP contribution < -0.4 is 38.2 Å². The first-order valence-electron chi connectivity index (χ1n) is 6.73. The van der Waals surface area contributed by atoms with Crippen LogP contribution in [0.25, 0.3) is 0 Å². The van der Waals surface area contributed by atoms with Crippen molar-refractivity contribution >= 4 is 56.0 Å². The Balaban J connectivity index is 0. The number of nitrogen functional groups attached to an aromatic ring is 1. The van der Waals surface area contributed by atoms with Crippen molar-refractivity contribution in [2.45, 2.75) is 33.2 Å². The summed E-state index contributed by atoms with van der Waals surface area (Å²) in [7, 11) is 0. The molecule has 128 valence electrons. The van der Waals surface area contributed by atoms with Gasteiger partial charge in [0.25, 0.3) is 0 Å². The van der Waals surface area contributed by atoms with Crippen molar-refractivity contribution in [3.63, 3.8) is 0 Å². The van der Waals surface area contributed by atoms with E-state index in [1.807, 2.05) is 24.5 Å². The zero-order valence-corrected chi connectivity index (χ0v) is 18.9. The summed E-state index contributed by atoms with van der Waals surface area (Å²) in [6, 6.07) is 6.11. The van der Waals surface area contributed by atoms with E-state index in [9.17, 15) is 0 Å². The van der Waals surface area contributed by atoms with Crippen molar-refractivity contribution in [3.05, 3.63) is 47.7 Å². The molecule has 0 spiro atoms. The predicted octanol–water partition coefficient (Wildman–Crippen LogP) is -4.23.